The van der Waals surface area contributed by atoms with Crippen LogP contribution in [0, 0.1) is 17.2 Å². The molecule has 2 aromatic heterocycles. The Bertz CT molecular complexity index is 1190. The van der Waals surface area contributed by atoms with Gasteiger partial charge in [0.15, 0.2) is 0 Å². The number of allylic oxidation sites excluding steroid dienone is 3. The van der Waals surface area contributed by atoms with Gasteiger partial charge in [-0.1, -0.05) is 6.08 Å². The summed E-state index contributed by atoms with van der Waals surface area (Å²) in [5.41, 5.74) is 2.48. The molecule has 0 saturated heterocycles. The van der Waals surface area contributed by atoms with E-state index in [1.54, 1.807) is 29.8 Å². The second-order valence-corrected chi connectivity index (χ2v) is 10.6. The Balaban J connectivity index is 1.40. The predicted molar refractivity (Wildman–Crippen MR) is 137 cm³/mol. The van der Waals surface area contributed by atoms with Crippen LogP contribution < -0.4 is 16.0 Å². The highest BCUT2D eigenvalue weighted by Gasteiger charge is 2.35. The number of aromatic nitrogens is 3. The van der Waals surface area contributed by atoms with Crippen LogP contribution in [0.4, 0.5) is 10.9 Å². The largest absolute Gasteiger partial charge is 0.352 e. The summed E-state index contributed by atoms with van der Waals surface area (Å²) in [6, 6.07) is 0.0846. The molecular formula is C25H31N7O2S. The third-order valence-corrected chi connectivity index (χ3v) is 8.01. The molecule has 3 aliphatic rings. The van der Waals surface area contributed by atoms with Crippen LogP contribution in [0.5, 0.6) is 0 Å². The van der Waals surface area contributed by atoms with Crippen LogP contribution >= 0.6 is 11.3 Å². The summed E-state index contributed by atoms with van der Waals surface area (Å²) in [6.45, 7) is 2.61. The van der Waals surface area contributed by atoms with E-state index in [2.05, 4.69) is 26.1 Å². The van der Waals surface area contributed by atoms with Crippen LogP contribution in [0.25, 0.3) is 0 Å². The molecule has 0 aliphatic heterocycles. The van der Waals surface area contributed by atoms with Crippen molar-refractivity contribution >= 4 is 40.3 Å². The van der Waals surface area contributed by atoms with E-state index in [0.29, 0.717) is 35.4 Å². The van der Waals surface area contributed by atoms with Crippen molar-refractivity contribution in [2.24, 2.45) is 11.8 Å². The van der Waals surface area contributed by atoms with Crippen molar-refractivity contribution in [2.75, 3.05) is 17.2 Å². The first-order valence-electron chi connectivity index (χ1n) is 12.3. The average Bonchev–Trinajstić information content (AvgIpc) is 3.79. The molecule has 0 bridgehead atoms. The van der Waals surface area contributed by atoms with Gasteiger partial charge in [-0.25, -0.2) is 0 Å². The Morgan fingerprint density at radius 3 is 2.77 bits per heavy atom. The number of hydrogen-bond donors (Lipinski definition) is 4. The van der Waals surface area contributed by atoms with Crippen LogP contribution in [-0.4, -0.2) is 39.3 Å². The zero-order valence-corrected chi connectivity index (χ0v) is 20.7. The topological polar surface area (TPSA) is 125 Å². The third-order valence-electron chi connectivity index (χ3n) is 6.80. The van der Waals surface area contributed by atoms with Crippen molar-refractivity contribution in [3.63, 3.8) is 0 Å². The molecule has 4 N–H and O–H groups in total. The number of carbonyl (C=O) groups excluding carboxylic acids is 2. The zero-order chi connectivity index (χ0) is 24.4. The highest BCUT2D eigenvalue weighted by molar-refractivity contribution is 7.17. The first kappa shape index (κ1) is 23.5. The van der Waals surface area contributed by atoms with E-state index in [9.17, 15) is 9.59 Å². The van der Waals surface area contributed by atoms with Gasteiger partial charge in [-0.05, 0) is 75.5 Å². The van der Waals surface area contributed by atoms with E-state index < -0.39 is 0 Å². The number of anilines is 2. The molecule has 3 aliphatic carbocycles. The monoisotopic (exact) mass is 493 g/mol. The highest BCUT2D eigenvalue weighted by atomic mass is 32.1. The summed E-state index contributed by atoms with van der Waals surface area (Å²) in [6.07, 6.45) is 14.9. The molecule has 2 saturated carbocycles. The second kappa shape index (κ2) is 10.2. The Hall–Kier alpha value is -3.27. The standard InChI is InChI=1S/C25H31N7O2S/c1-2-17(4-3-11-26)29-25-31-28-14-32(25)18-9-10-20-19(12-18)21(23(34)27-13-15-5-6-15)24(35-20)30-22(33)16-7-8-16/h2-4,11,14-16,18,26H,5-10,12-13H2,1H3,(H,27,34)(H,29,31)(H,30,33)/b4-3-,17-2+,26-11?/t18-/m0/s1. The van der Waals surface area contributed by atoms with Crippen LogP contribution in [0.3, 0.4) is 0 Å². The molecule has 2 amide bonds. The summed E-state index contributed by atoms with van der Waals surface area (Å²) in [4.78, 5) is 27.0. The minimum atomic E-state index is -0.0868. The first-order valence-corrected chi connectivity index (χ1v) is 13.1. The van der Waals surface area contributed by atoms with E-state index in [1.165, 1.54) is 23.9 Å². The highest BCUT2D eigenvalue weighted by Crippen LogP contribution is 2.42. The lowest BCUT2D eigenvalue weighted by molar-refractivity contribution is -0.117. The Kier molecular flexibility index (Phi) is 6.81. The molecule has 10 heteroatoms. The fourth-order valence-corrected chi connectivity index (χ4v) is 5.67. The number of carbonyl (C=O) groups is 2. The van der Waals surface area contributed by atoms with Crippen LogP contribution in [0.15, 0.2) is 30.3 Å². The maximum atomic E-state index is 13.3. The van der Waals surface area contributed by atoms with Crippen molar-refractivity contribution in [1.29, 1.82) is 5.41 Å². The van der Waals surface area contributed by atoms with Crippen molar-refractivity contribution in [3.05, 3.63) is 46.3 Å². The molecule has 2 aromatic rings. The van der Waals surface area contributed by atoms with Gasteiger partial charge in [-0.3, -0.25) is 14.2 Å². The van der Waals surface area contributed by atoms with E-state index in [-0.39, 0.29) is 23.8 Å². The maximum Gasteiger partial charge on any atom is 0.254 e. The number of aryl methyl sites for hydroxylation is 1. The molecule has 35 heavy (non-hydrogen) atoms. The number of nitrogens with one attached hydrogen (secondary N) is 4. The van der Waals surface area contributed by atoms with Gasteiger partial charge in [0.1, 0.15) is 11.3 Å². The van der Waals surface area contributed by atoms with Crippen LogP contribution in [0.2, 0.25) is 0 Å². The minimum Gasteiger partial charge on any atom is -0.352 e. The average molecular weight is 494 g/mol. The smallest absolute Gasteiger partial charge is 0.254 e. The molecule has 1 atom stereocenters. The fraction of sp³-hybridized carbons (Fsp3) is 0.480. The third kappa shape index (κ3) is 5.37. The maximum absolute atomic E-state index is 13.3. The number of amides is 2. The molecule has 184 valence electrons. The Labute approximate surface area is 208 Å². The van der Waals surface area contributed by atoms with Gasteiger partial charge in [-0.2, -0.15) is 0 Å². The van der Waals surface area contributed by atoms with Gasteiger partial charge in [-0.15, -0.1) is 21.5 Å². The molecule has 0 spiro atoms. The summed E-state index contributed by atoms with van der Waals surface area (Å²) in [5, 5.41) is 25.8. The van der Waals surface area contributed by atoms with E-state index in [1.807, 2.05) is 17.6 Å². The molecule has 9 nitrogen and oxygen atoms in total. The van der Waals surface area contributed by atoms with E-state index >= 15 is 0 Å². The summed E-state index contributed by atoms with van der Waals surface area (Å²) >= 11 is 1.55. The van der Waals surface area contributed by atoms with Gasteiger partial charge < -0.3 is 21.4 Å². The first-order chi connectivity index (χ1) is 17.1. The summed E-state index contributed by atoms with van der Waals surface area (Å²) in [7, 11) is 0. The van der Waals surface area contributed by atoms with Gasteiger partial charge in [0.2, 0.25) is 11.9 Å². The quantitative estimate of drug-likeness (QED) is 0.293. The number of fused-ring (bicyclic) bond motifs is 1. The summed E-state index contributed by atoms with van der Waals surface area (Å²) in [5.74, 6) is 1.23. The second-order valence-electron chi connectivity index (χ2n) is 9.48. The van der Waals surface area contributed by atoms with Gasteiger partial charge in [0.05, 0.1) is 5.56 Å². The van der Waals surface area contributed by atoms with Crippen LogP contribution in [0.1, 0.15) is 65.9 Å². The number of hydrogen-bond acceptors (Lipinski definition) is 7. The van der Waals surface area contributed by atoms with Gasteiger partial charge in [0, 0.05) is 35.3 Å². The van der Waals surface area contributed by atoms with Crippen LogP contribution in [-0.2, 0) is 17.6 Å². The lowest BCUT2D eigenvalue weighted by atomic mass is 9.91. The Morgan fingerprint density at radius 1 is 1.23 bits per heavy atom. The molecule has 0 aromatic carbocycles. The number of thiophene rings is 1. The summed E-state index contributed by atoms with van der Waals surface area (Å²) < 4.78 is 2.02. The molecule has 0 radical (unpaired) electrons. The lowest BCUT2D eigenvalue weighted by Gasteiger charge is -2.25. The molecule has 5 rings (SSSR count). The van der Waals surface area contributed by atoms with Crippen molar-refractivity contribution < 1.29 is 9.59 Å². The van der Waals surface area contributed by atoms with Gasteiger partial charge >= 0.3 is 0 Å². The minimum absolute atomic E-state index is 0.0264. The number of rotatable bonds is 10. The van der Waals surface area contributed by atoms with Crippen molar-refractivity contribution in [2.45, 2.75) is 57.9 Å². The van der Waals surface area contributed by atoms with Crippen molar-refractivity contribution in [1.82, 2.24) is 20.1 Å². The molecule has 0 unspecified atom stereocenters. The fourth-order valence-electron chi connectivity index (χ4n) is 4.43. The van der Waals surface area contributed by atoms with E-state index in [4.69, 9.17) is 5.41 Å². The SMILES string of the molecule is C/C=C(\C=C/C=N)Nc1nncn1[C@H]1CCc2sc(NC(=O)C3CC3)c(C(=O)NCC3CC3)c2C1. The number of nitrogens with zero attached hydrogens (tertiary/aromatic N) is 3. The van der Waals surface area contributed by atoms with E-state index in [0.717, 1.165) is 36.9 Å². The predicted octanol–water partition coefficient (Wildman–Crippen LogP) is 4.08. The normalized spacial score (nSPS) is 19.9. The lowest BCUT2D eigenvalue weighted by Crippen LogP contribution is -2.28. The molecular weight excluding hydrogens is 462 g/mol. The zero-order valence-electron chi connectivity index (χ0n) is 19.8. The van der Waals surface area contributed by atoms with Gasteiger partial charge in [0.25, 0.3) is 5.91 Å². The molecule has 2 fully saturated rings. The molecule has 2 heterocycles. The Morgan fingerprint density at radius 2 is 2.06 bits per heavy atom. The van der Waals surface area contributed by atoms with Crippen molar-refractivity contribution in [3.8, 4) is 0 Å².